The van der Waals surface area contributed by atoms with Crippen molar-refractivity contribution >= 4 is 12.0 Å². The summed E-state index contributed by atoms with van der Waals surface area (Å²) in [5, 5.41) is 11.8. The summed E-state index contributed by atoms with van der Waals surface area (Å²) >= 11 is 0. The van der Waals surface area contributed by atoms with Gasteiger partial charge in [-0.05, 0) is 19.8 Å². The predicted molar refractivity (Wildman–Crippen MR) is 72.6 cm³/mol. The topological polar surface area (TPSA) is 82.1 Å². The molecule has 2 amide bonds. The Balaban J connectivity index is 1.77. The van der Waals surface area contributed by atoms with Crippen molar-refractivity contribution in [2.45, 2.75) is 31.8 Å². The van der Waals surface area contributed by atoms with Gasteiger partial charge in [-0.2, -0.15) is 0 Å². The molecule has 1 aliphatic heterocycles. The zero-order valence-corrected chi connectivity index (χ0v) is 11.9. The number of carboxylic acid groups (broad SMARTS) is 1. The number of carboxylic acids is 1. The van der Waals surface area contributed by atoms with Crippen molar-refractivity contribution in [3.63, 3.8) is 0 Å². The normalized spacial score (nSPS) is 21.2. The number of hydrogen-bond donors (Lipinski definition) is 2. The fraction of sp³-hybridized carbons (Fsp3) is 0.846. The molecular formula is C13H23N3O4. The smallest absolute Gasteiger partial charge is 0.323 e. The number of rotatable bonds is 6. The molecule has 1 aliphatic carbocycles. The minimum absolute atomic E-state index is 0.00403. The minimum Gasteiger partial charge on any atom is -0.480 e. The zero-order chi connectivity index (χ0) is 14.5. The van der Waals surface area contributed by atoms with Crippen molar-refractivity contribution in [3.8, 4) is 0 Å². The van der Waals surface area contributed by atoms with E-state index in [2.05, 4.69) is 10.2 Å². The van der Waals surface area contributed by atoms with Gasteiger partial charge in [0.2, 0.25) is 0 Å². The second kappa shape index (κ2) is 6.90. The van der Waals surface area contributed by atoms with Crippen LogP contribution in [0.1, 0.15) is 19.8 Å². The highest BCUT2D eigenvalue weighted by Crippen LogP contribution is 2.26. The van der Waals surface area contributed by atoms with Gasteiger partial charge in [-0.15, -0.1) is 0 Å². The Morgan fingerprint density at radius 3 is 2.60 bits per heavy atom. The molecule has 2 aliphatic rings. The molecule has 1 atom stereocenters. The molecule has 0 aromatic heterocycles. The van der Waals surface area contributed by atoms with Crippen LogP contribution in [0, 0.1) is 0 Å². The number of carbonyl (C=O) groups excluding carboxylic acids is 1. The van der Waals surface area contributed by atoms with Crippen LogP contribution in [0.3, 0.4) is 0 Å². The van der Waals surface area contributed by atoms with Gasteiger partial charge in [0.05, 0.1) is 13.2 Å². The van der Waals surface area contributed by atoms with E-state index in [1.165, 1.54) is 4.90 Å². The van der Waals surface area contributed by atoms with Crippen molar-refractivity contribution in [2.75, 3.05) is 39.4 Å². The molecule has 2 fully saturated rings. The first-order valence-electron chi connectivity index (χ1n) is 7.15. The van der Waals surface area contributed by atoms with Crippen LogP contribution in [-0.4, -0.2) is 78.4 Å². The number of ether oxygens (including phenoxy) is 1. The van der Waals surface area contributed by atoms with E-state index in [1.54, 1.807) is 0 Å². The Morgan fingerprint density at radius 1 is 1.40 bits per heavy atom. The number of aliphatic carboxylic acids is 1. The van der Waals surface area contributed by atoms with Gasteiger partial charge in [-0.1, -0.05) is 0 Å². The van der Waals surface area contributed by atoms with Gasteiger partial charge >= 0.3 is 12.0 Å². The average Bonchev–Trinajstić information content (AvgIpc) is 3.20. The molecule has 114 valence electrons. The summed E-state index contributed by atoms with van der Waals surface area (Å²) in [6.07, 6.45) is 1.80. The molecule has 0 spiro atoms. The summed E-state index contributed by atoms with van der Waals surface area (Å²) in [5.41, 5.74) is 0. The Hall–Kier alpha value is -1.34. The third-order valence-electron chi connectivity index (χ3n) is 3.56. The van der Waals surface area contributed by atoms with Gasteiger partial charge in [-0.3, -0.25) is 9.69 Å². The lowest BCUT2D eigenvalue weighted by Gasteiger charge is -2.30. The summed E-state index contributed by atoms with van der Waals surface area (Å²) in [6, 6.07) is -0.173. The molecule has 2 rings (SSSR count). The molecule has 1 saturated carbocycles. The number of amides is 2. The Kier molecular flexibility index (Phi) is 5.19. The average molecular weight is 285 g/mol. The van der Waals surface area contributed by atoms with Crippen LogP contribution in [0.4, 0.5) is 4.79 Å². The van der Waals surface area contributed by atoms with Crippen LogP contribution in [0.2, 0.25) is 0 Å². The van der Waals surface area contributed by atoms with E-state index >= 15 is 0 Å². The summed E-state index contributed by atoms with van der Waals surface area (Å²) in [7, 11) is 0. The number of nitrogens with zero attached hydrogens (tertiary/aromatic N) is 2. The van der Waals surface area contributed by atoms with E-state index in [9.17, 15) is 9.59 Å². The Bertz CT molecular complexity index is 354. The van der Waals surface area contributed by atoms with Crippen molar-refractivity contribution in [2.24, 2.45) is 0 Å². The molecule has 20 heavy (non-hydrogen) atoms. The van der Waals surface area contributed by atoms with E-state index in [0.717, 1.165) is 45.7 Å². The van der Waals surface area contributed by atoms with Crippen molar-refractivity contribution in [3.05, 3.63) is 0 Å². The van der Waals surface area contributed by atoms with Crippen LogP contribution in [0.15, 0.2) is 0 Å². The highest BCUT2D eigenvalue weighted by molar-refractivity contribution is 5.80. The van der Waals surface area contributed by atoms with E-state index in [4.69, 9.17) is 9.84 Å². The van der Waals surface area contributed by atoms with Crippen LogP contribution in [0.5, 0.6) is 0 Å². The predicted octanol–water partition coefficient (Wildman–Crippen LogP) is -0.0343. The molecule has 2 N–H and O–H groups in total. The first-order valence-corrected chi connectivity index (χ1v) is 7.15. The number of nitrogens with one attached hydrogen (secondary N) is 1. The highest BCUT2D eigenvalue weighted by atomic mass is 16.5. The summed E-state index contributed by atoms with van der Waals surface area (Å²) in [5.74, 6) is -0.965. The molecule has 1 unspecified atom stereocenters. The van der Waals surface area contributed by atoms with Crippen LogP contribution >= 0.6 is 0 Å². The first-order chi connectivity index (χ1) is 9.56. The van der Waals surface area contributed by atoms with Gasteiger partial charge in [-0.25, -0.2) is 4.79 Å². The van der Waals surface area contributed by atoms with E-state index in [-0.39, 0.29) is 24.7 Å². The van der Waals surface area contributed by atoms with Gasteiger partial charge in [0, 0.05) is 31.7 Å². The summed E-state index contributed by atoms with van der Waals surface area (Å²) in [6.45, 7) is 5.70. The number of carbonyl (C=O) groups is 2. The lowest BCUT2D eigenvalue weighted by Crippen LogP contribution is -2.51. The van der Waals surface area contributed by atoms with Gasteiger partial charge in [0.25, 0.3) is 0 Å². The molecule has 7 nitrogen and oxygen atoms in total. The van der Waals surface area contributed by atoms with E-state index in [1.807, 2.05) is 6.92 Å². The molecular weight excluding hydrogens is 262 g/mol. The van der Waals surface area contributed by atoms with E-state index in [0.29, 0.717) is 0 Å². The SMILES string of the molecule is CC(CN1CCOCC1)NC(=O)N(CC(=O)O)C1CC1. The maximum absolute atomic E-state index is 12.1. The summed E-state index contributed by atoms with van der Waals surface area (Å²) < 4.78 is 5.28. The second-order valence-corrected chi connectivity index (χ2v) is 5.52. The van der Waals surface area contributed by atoms with Crippen molar-refractivity contribution in [1.82, 2.24) is 15.1 Å². The fourth-order valence-electron chi connectivity index (χ4n) is 2.41. The molecule has 0 aromatic rings. The number of urea groups is 1. The molecule has 7 heteroatoms. The minimum atomic E-state index is -0.965. The summed E-state index contributed by atoms with van der Waals surface area (Å²) in [4.78, 5) is 26.6. The fourth-order valence-corrected chi connectivity index (χ4v) is 2.41. The third kappa shape index (κ3) is 4.64. The maximum Gasteiger partial charge on any atom is 0.323 e. The largest absolute Gasteiger partial charge is 0.480 e. The van der Waals surface area contributed by atoms with Gasteiger partial charge < -0.3 is 20.1 Å². The van der Waals surface area contributed by atoms with Crippen molar-refractivity contribution < 1.29 is 19.4 Å². The van der Waals surface area contributed by atoms with Crippen molar-refractivity contribution in [1.29, 1.82) is 0 Å². The monoisotopic (exact) mass is 285 g/mol. The van der Waals surface area contributed by atoms with Crippen LogP contribution in [0.25, 0.3) is 0 Å². The van der Waals surface area contributed by atoms with Gasteiger partial charge in [0.15, 0.2) is 0 Å². The Labute approximate surface area is 118 Å². The lowest BCUT2D eigenvalue weighted by atomic mass is 10.3. The highest BCUT2D eigenvalue weighted by Gasteiger charge is 2.34. The standard InChI is InChI=1S/C13H23N3O4/c1-10(8-15-4-6-20-7-5-15)14-13(19)16(9-12(17)18)11-2-3-11/h10-11H,2-9H2,1H3,(H,14,19)(H,17,18). The lowest BCUT2D eigenvalue weighted by molar-refractivity contribution is -0.137. The Morgan fingerprint density at radius 2 is 2.05 bits per heavy atom. The molecule has 1 saturated heterocycles. The maximum atomic E-state index is 12.1. The quantitative estimate of drug-likeness (QED) is 0.716. The molecule has 0 aromatic carbocycles. The molecule has 0 radical (unpaired) electrons. The van der Waals surface area contributed by atoms with E-state index < -0.39 is 5.97 Å². The second-order valence-electron chi connectivity index (χ2n) is 5.52. The zero-order valence-electron chi connectivity index (χ0n) is 11.9. The van der Waals surface area contributed by atoms with Gasteiger partial charge in [0.1, 0.15) is 6.54 Å². The molecule has 0 bridgehead atoms. The third-order valence-corrected chi connectivity index (χ3v) is 3.56. The van der Waals surface area contributed by atoms with Crippen LogP contribution < -0.4 is 5.32 Å². The molecule has 1 heterocycles. The van der Waals surface area contributed by atoms with Crippen LogP contribution in [-0.2, 0) is 9.53 Å². The number of morpholine rings is 1. The number of hydrogen-bond acceptors (Lipinski definition) is 4. The first kappa shape index (κ1) is 15.1.